The van der Waals surface area contributed by atoms with E-state index < -0.39 is 0 Å². The third-order valence-electron chi connectivity index (χ3n) is 3.84. The van der Waals surface area contributed by atoms with E-state index >= 15 is 0 Å². The van der Waals surface area contributed by atoms with Gasteiger partial charge in [-0.2, -0.15) is 5.10 Å². The second kappa shape index (κ2) is 4.96. The number of carbonyl (C=O) groups is 1. The molecule has 21 heavy (non-hydrogen) atoms. The fourth-order valence-corrected chi connectivity index (χ4v) is 3.07. The molecule has 3 aromatic heterocycles. The van der Waals surface area contributed by atoms with Crippen molar-refractivity contribution in [2.45, 2.75) is 25.2 Å². The summed E-state index contributed by atoms with van der Waals surface area (Å²) in [7, 11) is 0. The fraction of sp³-hybridized carbons (Fsp3) is 0.267. The van der Waals surface area contributed by atoms with E-state index in [1.807, 2.05) is 35.8 Å². The summed E-state index contributed by atoms with van der Waals surface area (Å²) in [5.74, 6) is 1.26. The van der Waals surface area contributed by atoms with Crippen molar-refractivity contribution in [3.05, 3.63) is 46.5 Å². The number of aromatic nitrogens is 3. The van der Waals surface area contributed by atoms with Crippen LogP contribution in [0.1, 0.15) is 40.7 Å². The Labute approximate surface area is 125 Å². The Balaban J connectivity index is 1.68. The lowest BCUT2D eigenvalue weighted by molar-refractivity contribution is 0.103. The summed E-state index contributed by atoms with van der Waals surface area (Å²) in [6.07, 6.45) is 5.44. The van der Waals surface area contributed by atoms with Crippen molar-refractivity contribution in [2.24, 2.45) is 0 Å². The summed E-state index contributed by atoms with van der Waals surface area (Å²) in [5.41, 5.74) is 1.42. The minimum atomic E-state index is -0.105. The molecular weight excluding hydrogens is 284 g/mol. The number of fused-ring (bicyclic) bond motifs is 1. The molecule has 1 aliphatic carbocycles. The van der Waals surface area contributed by atoms with Crippen LogP contribution in [0, 0.1) is 0 Å². The number of thiophene rings is 1. The quantitative estimate of drug-likeness (QED) is 0.807. The first-order valence-electron chi connectivity index (χ1n) is 7.01. The summed E-state index contributed by atoms with van der Waals surface area (Å²) in [6.45, 7) is 0. The molecule has 0 unspecified atom stereocenters. The van der Waals surface area contributed by atoms with Gasteiger partial charge in [-0.05, 0) is 36.4 Å². The fourth-order valence-electron chi connectivity index (χ4n) is 2.45. The van der Waals surface area contributed by atoms with Gasteiger partial charge in [0.2, 0.25) is 0 Å². The average molecular weight is 298 g/mol. The van der Waals surface area contributed by atoms with E-state index in [4.69, 9.17) is 0 Å². The van der Waals surface area contributed by atoms with Crippen LogP contribution in [-0.2, 0) is 0 Å². The highest BCUT2D eigenvalue weighted by Gasteiger charge is 2.24. The molecule has 1 amide bonds. The van der Waals surface area contributed by atoms with Crippen LogP contribution in [0.3, 0.4) is 0 Å². The van der Waals surface area contributed by atoms with Crippen LogP contribution in [-0.4, -0.2) is 20.5 Å². The third-order valence-corrected chi connectivity index (χ3v) is 4.71. The highest BCUT2D eigenvalue weighted by molar-refractivity contribution is 7.12. The summed E-state index contributed by atoms with van der Waals surface area (Å²) in [6, 6.07) is 7.41. The van der Waals surface area contributed by atoms with Gasteiger partial charge in [-0.25, -0.2) is 9.50 Å². The van der Waals surface area contributed by atoms with Crippen LogP contribution in [0.4, 0.5) is 5.69 Å². The van der Waals surface area contributed by atoms with Crippen LogP contribution in [0.5, 0.6) is 0 Å². The Hall–Kier alpha value is -2.21. The van der Waals surface area contributed by atoms with Crippen LogP contribution in [0.15, 0.2) is 35.8 Å². The Kier molecular flexibility index (Phi) is 2.96. The number of nitrogens with zero attached hydrogens (tertiary/aromatic N) is 3. The number of hydrogen-bond acceptors (Lipinski definition) is 4. The summed E-state index contributed by atoms with van der Waals surface area (Å²) >= 11 is 1.42. The molecule has 6 heteroatoms. The number of rotatable bonds is 3. The molecule has 0 aliphatic heterocycles. The van der Waals surface area contributed by atoms with Crippen LogP contribution < -0.4 is 5.32 Å². The molecule has 1 N–H and O–H groups in total. The van der Waals surface area contributed by atoms with E-state index in [2.05, 4.69) is 15.4 Å². The molecule has 1 saturated carbocycles. The van der Waals surface area contributed by atoms with Gasteiger partial charge in [0.05, 0.1) is 10.6 Å². The molecule has 0 atom stereocenters. The van der Waals surface area contributed by atoms with Gasteiger partial charge >= 0.3 is 0 Å². The van der Waals surface area contributed by atoms with Crippen molar-refractivity contribution in [3.8, 4) is 0 Å². The molecule has 0 bridgehead atoms. The molecule has 1 aliphatic rings. The number of nitrogens with one attached hydrogen (secondary N) is 1. The van der Waals surface area contributed by atoms with Gasteiger partial charge in [0.15, 0.2) is 11.5 Å². The first kappa shape index (κ1) is 12.5. The lowest BCUT2D eigenvalue weighted by atomic mass is 9.85. The van der Waals surface area contributed by atoms with E-state index in [0.717, 1.165) is 18.7 Å². The number of pyridine rings is 1. The van der Waals surface area contributed by atoms with Crippen molar-refractivity contribution >= 4 is 28.6 Å². The Morgan fingerprint density at radius 2 is 2.24 bits per heavy atom. The van der Waals surface area contributed by atoms with Crippen LogP contribution in [0.2, 0.25) is 0 Å². The van der Waals surface area contributed by atoms with E-state index in [1.165, 1.54) is 17.8 Å². The van der Waals surface area contributed by atoms with E-state index in [-0.39, 0.29) is 5.91 Å². The molecule has 3 heterocycles. The zero-order chi connectivity index (χ0) is 14.2. The second-order valence-electron chi connectivity index (χ2n) is 5.22. The van der Waals surface area contributed by atoms with Gasteiger partial charge in [0.25, 0.3) is 5.91 Å². The minimum Gasteiger partial charge on any atom is -0.318 e. The van der Waals surface area contributed by atoms with E-state index in [1.54, 1.807) is 4.52 Å². The number of anilines is 1. The Morgan fingerprint density at radius 1 is 1.33 bits per heavy atom. The maximum absolute atomic E-state index is 12.2. The van der Waals surface area contributed by atoms with Crippen LogP contribution in [0.25, 0.3) is 5.65 Å². The van der Waals surface area contributed by atoms with Gasteiger partial charge in [-0.3, -0.25) is 4.79 Å². The molecule has 0 spiro atoms. The Bertz CT molecular complexity index is 789. The zero-order valence-electron chi connectivity index (χ0n) is 11.3. The molecule has 0 saturated heterocycles. The number of hydrogen-bond donors (Lipinski definition) is 1. The highest BCUT2D eigenvalue weighted by atomic mass is 32.1. The normalized spacial score (nSPS) is 15.0. The minimum absolute atomic E-state index is 0.105. The molecule has 3 aromatic rings. The maximum atomic E-state index is 12.2. The standard InChI is InChI=1S/C15H14N4OS/c20-15(12-7-3-9-21-12)16-11-6-2-8-19-14(11)17-13(18-19)10-4-1-5-10/h2-3,6-10H,1,4-5H2,(H,16,20). The smallest absolute Gasteiger partial charge is 0.265 e. The molecular formula is C15H14N4OS. The van der Waals surface area contributed by atoms with Crippen LogP contribution >= 0.6 is 11.3 Å². The topological polar surface area (TPSA) is 59.3 Å². The summed E-state index contributed by atoms with van der Waals surface area (Å²) in [5, 5.41) is 9.34. The third kappa shape index (κ3) is 2.21. The molecule has 4 rings (SSSR count). The highest BCUT2D eigenvalue weighted by Crippen LogP contribution is 2.35. The van der Waals surface area contributed by atoms with Gasteiger partial charge < -0.3 is 5.32 Å². The predicted octanol–water partition coefficient (Wildman–Crippen LogP) is 3.31. The van der Waals surface area contributed by atoms with Crippen molar-refractivity contribution in [3.63, 3.8) is 0 Å². The second-order valence-corrected chi connectivity index (χ2v) is 6.17. The van der Waals surface area contributed by atoms with Gasteiger partial charge in [-0.15, -0.1) is 11.3 Å². The monoisotopic (exact) mass is 298 g/mol. The first-order valence-corrected chi connectivity index (χ1v) is 7.89. The predicted molar refractivity (Wildman–Crippen MR) is 81.9 cm³/mol. The summed E-state index contributed by atoms with van der Waals surface area (Å²) < 4.78 is 1.75. The number of carbonyl (C=O) groups excluding carboxylic acids is 1. The lowest BCUT2D eigenvalue weighted by Crippen LogP contribution is -2.11. The molecule has 5 nitrogen and oxygen atoms in total. The largest absolute Gasteiger partial charge is 0.318 e. The average Bonchev–Trinajstić information content (AvgIpc) is 3.05. The van der Waals surface area contributed by atoms with Gasteiger partial charge in [-0.1, -0.05) is 12.5 Å². The van der Waals surface area contributed by atoms with Gasteiger partial charge in [0, 0.05) is 12.1 Å². The van der Waals surface area contributed by atoms with Gasteiger partial charge in [0.1, 0.15) is 0 Å². The molecule has 1 fully saturated rings. The van der Waals surface area contributed by atoms with E-state index in [9.17, 15) is 4.79 Å². The Morgan fingerprint density at radius 3 is 2.95 bits per heavy atom. The van der Waals surface area contributed by atoms with Crippen molar-refractivity contribution in [1.29, 1.82) is 0 Å². The molecule has 0 radical (unpaired) electrons. The molecule has 0 aromatic carbocycles. The van der Waals surface area contributed by atoms with E-state index in [0.29, 0.717) is 22.1 Å². The van der Waals surface area contributed by atoms with Crippen molar-refractivity contribution < 1.29 is 4.79 Å². The maximum Gasteiger partial charge on any atom is 0.265 e. The molecule has 106 valence electrons. The first-order chi connectivity index (χ1) is 10.3. The number of amides is 1. The lowest BCUT2D eigenvalue weighted by Gasteiger charge is -2.21. The van der Waals surface area contributed by atoms with Crippen molar-refractivity contribution in [1.82, 2.24) is 14.6 Å². The SMILES string of the molecule is O=C(Nc1cccn2nc(C3CCC3)nc12)c1cccs1. The van der Waals surface area contributed by atoms with Crippen molar-refractivity contribution in [2.75, 3.05) is 5.32 Å². The summed E-state index contributed by atoms with van der Waals surface area (Å²) in [4.78, 5) is 17.5. The zero-order valence-corrected chi connectivity index (χ0v) is 12.1.